The fourth-order valence-electron chi connectivity index (χ4n) is 6.05. The number of nitrogens with one attached hydrogen (secondary N) is 3. The Bertz CT molecular complexity index is 1480. The number of carbonyl (C=O) groups is 3. The molecule has 5 rings (SSSR count). The van der Waals surface area contributed by atoms with E-state index >= 15 is 0 Å². The number of aliphatic hydroxyl groups excluding tert-OH is 1. The summed E-state index contributed by atoms with van der Waals surface area (Å²) in [5.41, 5.74) is 1.26. The zero-order valence-electron chi connectivity index (χ0n) is 25.7. The highest BCUT2D eigenvalue weighted by Crippen LogP contribution is 2.35. The van der Waals surface area contributed by atoms with Crippen molar-refractivity contribution in [2.75, 3.05) is 37.4 Å². The Hall–Kier alpha value is -4.31. The van der Waals surface area contributed by atoms with Crippen molar-refractivity contribution in [3.63, 3.8) is 0 Å². The quantitative estimate of drug-likeness (QED) is 0.278. The Kier molecular flexibility index (Phi) is 9.89. The summed E-state index contributed by atoms with van der Waals surface area (Å²) in [5, 5.41) is 20.8. The third kappa shape index (κ3) is 7.07. The summed E-state index contributed by atoms with van der Waals surface area (Å²) in [5.74, 6) is -0.254. The molecule has 0 unspecified atom stereocenters. The molecule has 5 amide bonds. The average Bonchev–Trinajstić information content (AvgIpc) is 3.03. The van der Waals surface area contributed by atoms with Crippen LogP contribution in [0.4, 0.5) is 21.0 Å². The Balaban J connectivity index is 1.41. The van der Waals surface area contributed by atoms with Crippen LogP contribution < -0.4 is 20.7 Å². The Labute approximate surface area is 258 Å². The van der Waals surface area contributed by atoms with E-state index in [0.717, 1.165) is 36.5 Å². The molecular weight excluding hydrogens is 558 g/mol. The van der Waals surface area contributed by atoms with E-state index < -0.39 is 18.2 Å². The van der Waals surface area contributed by atoms with Crippen LogP contribution in [0.1, 0.15) is 56.3 Å². The van der Waals surface area contributed by atoms with Crippen molar-refractivity contribution in [3.8, 4) is 5.75 Å². The monoisotopic (exact) mass is 601 g/mol. The number of hydrogen-bond acceptors (Lipinski definition) is 5. The number of carbonyl (C=O) groups excluding carboxylic acids is 3. The highest BCUT2D eigenvalue weighted by atomic mass is 16.5. The Morgan fingerprint density at radius 2 is 1.68 bits per heavy atom. The van der Waals surface area contributed by atoms with Gasteiger partial charge in [-0.25, -0.2) is 9.59 Å². The Morgan fingerprint density at radius 3 is 2.45 bits per heavy atom. The molecule has 0 saturated heterocycles. The molecule has 10 nitrogen and oxygen atoms in total. The van der Waals surface area contributed by atoms with Crippen LogP contribution in [-0.2, 0) is 0 Å². The molecule has 1 aliphatic carbocycles. The first-order valence-corrected chi connectivity index (χ1v) is 15.5. The number of amides is 5. The molecule has 3 aromatic rings. The van der Waals surface area contributed by atoms with E-state index in [9.17, 15) is 19.5 Å². The summed E-state index contributed by atoms with van der Waals surface area (Å²) >= 11 is 0. The van der Waals surface area contributed by atoms with Gasteiger partial charge in [-0.15, -0.1) is 0 Å². The zero-order valence-corrected chi connectivity index (χ0v) is 25.7. The zero-order chi connectivity index (χ0) is 31.2. The lowest BCUT2D eigenvalue weighted by atomic mass is 9.96. The molecule has 0 radical (unpaired) electrons. The van der Waals surface area contributed by atoms with Crippen molar-refractivity contribution >= 4 is 40.1 Å². The first kappa shape index (κ1) is 31.1. The topological polar surface area (TPSA) is 123 Å². The smallest absolute Gasteiger partial charge is 0.323 e. The van der Waals surface area contributed by atoms with Crippen molar-refractivity contribution in [3.05, 3.63) is 66.2 Å². The number of hydrogen-bond donors (Lipinski definition) is 4. The van der Waals surface area contributed by atoms with Crippen LogP contribution in [0.5, 0.6) is 5.75 Å². The van der Waals surface area contributed by atoms with Crippen LogP contribution in [0.2, 0.25) is 0 Å². The second-order valence-corrected chi connectivity index (χ2v) is 12.1. The molecule has 2 aliphatic rings. The van der Waals surface area contributed by atoms with E-state index in [1.54, 1.807) is 42.0 Å². The fourth-order valence-corrected chi connectivity index (χ4v) is 6.05. The van der Waals surface area contributed by atoms with E-state index in [2.05, 4.69) is 16.0 Å². The van der Waals surface area contributed by atoms with Crippen LogP contribution in [-0.4, -0.2) is 77.8 Å². The molecule has 3 aromatic carbocycles. The fraction of sp³-hybridized carbons (Fsp3) is 0.441. The third-order valence-electron chi connectivity index (χ3n) is 8.71. The van der Waals surface area contributed by atoms with Gasteiger partial charge in [0.15, 0.2) is 5.75 Å². The van der Waals surface area contributed by atoms with E-state index in [4.69, 9.17) is 4.74 Å². The number of fused-ring (bicyclic) bond motifs is 2. The SMILES string of the molecule is C[C@@H]1CN([C@H](C)CO)C(=O)c2cccc(NC(=O)Nc3cccc4ccccc34)c2O[C@H]1CN(C)C(=O)NC1CCCCC1. The van der Waals surface area contributed by atoms with Crippen molar-refractivity contribution < 1.29 is 24.2 Å². The van der Waals surface area contributed by atoms with Crippen molar-refractivity contribution in [1.82, 2.24) is 15.1 Å². The minimum absolute atomic E-state index is 0.160. The van der Waals surface area contributed by atoms with Gasteiger partial charge < -0.3 is 35.6 Å². The molecule has 1 heterocycles. The standard InChI is InChI=1S/C34H43N5O5/c1-22-19-39(23(2)21-40)32(41)27-16-10-18-29(37-33(42)36-28-17-9-12-24-11-7-8-15-26(24)28)31(27)44-30(22)20-38(3)34(43)35-25-13-5-4-6-14-25/h7-12,15-18,22-23,25,30,40H,4-6,13-14,19-21H2,1-3H3,(H,35,43)(H2,36,37,42)/t22-,23-,30+/m1/s1. The number of aliphatic hydroxyl groups is 1. The molecule has 0 aromatic heterocycles. The number of urea groups is 2. The minimum atomic E-state index is -0.499. The van der Waals surface area contributed by atoms with Crippen molar-refractivity contribution in [1.29, 1.82) is 0 Å². The van der Waals surface area contributed by atoms with E-state index in [0.29, 0.717) is 17.9 Å². The van der Waals surface area contributed by atoms with E-state index in [1.807, 2.05) is 49.4 Å². The maximum Gasteiger partial charge on any atom is 0.323 e. The summed E-state index contributed by atoms with van der Waals surface area (Å²) in [7, 11) is 1.75. The second kappa shape index (κ2) is 14.0. The van der Waals surface area contributed by atoms with Crippen LogP contribution in [0.15, 0.2) is 60.7 Å². The van der Waals surface area contributed by atoms with Gasteiger partial charge in [-0.05, 0) is 43.4 Å². The molecule has 1 fully saturated rings. The van der Waals surface area contributed by atoms with E-state index in [1.165, 1.54) is 6.42 Å². The van der Waals surface area contributed by atoms with Crippen LogP contribution in [0, 0.1) is 5.92 Å². The van der Waals surface area contributed by atoms with Crippen LogP contribution in [0.3, 0.4) is 0 Å². The van der Waals surface area contributed by atoms with Gasteiger partial charge in [0.1, 0.15) is 6.10 Å². The van der Waals surface area contributed by atoms with Gasteiger partial charge in [-0.1, -0.05) is 68.7 Å². The number of ether oxygens (including phenoxy) is 1. The predicted molar refractivity (Wildman–Crippen MR) is 172 cm³/mol. The van der Waals surface area contributed by atoms with E-state index in [-0.39, 0.29) is 48.4 Å². The minimum Gasteiger partial charge on any atom is -0.485 e. The van der Waals surface area contributed by atoms with Gasteiger partial charge in [0.25, 0.3) is 5.91 Å². The number of rotatable bonds is 7. The molecule has 234 valence electrons. The number of benzene rings is 3. The van der Waals surface area contributed by atoms with Crippen LogP contribution in [0.25, 0.3) is 10.8 Å². The lowest BCUT2D eigenvalue weighted by Gasteiger charge is -2.38. The molecule has 44 heavy (non-hydrogen) atoms. The normalized spacial score (nSPS) is 19.6. The first-order valence-electron chi connectivity index (χ1n) is 15.5. The van der Waals surface area contributed by atoms with Gasteiger partial charge in [0.2, 0.25) is 0 Å². The third-order valence-corrected chi connectivity index (χ3v) is 8.71. The molecule has 4 N–H and O–H groups in total. The molecule has 1 aliphatic heterocycles. The lowest BCUT2D eigenvalue weighted by Crippen LogP contribution is -2.52. The summed E-state index contributed by atoms with van der Waals surface area (Å²) in [6.07, 6.45) is 4.90. The number of nitrogens with zero attached hydrogens (tertiary/aromatic N) is 2. The molecule has 0 spiro atoms. The maximum absolute atomic E-state index is 13.8. The number of anilines is 2. The summed E-state index contributed by atoms with van der Waals surface area (Å²) in [6.45, 7) is 4.17. The molecule has 10 heteroatoms. The van der Waals surface area contributed by atoms with Crippen molar-refractivity contribution in [2.24, 2.45) is 5.92 Å². The Morgan fingerprint density at radius 1 is 1.00 bits per heavy atom. The molecule has 3 atom stereocenters. The highest BCUT2D eigenvalue weighted by Gasteiger charge is 2.35. The molecular formula is C34H43N5O5. The molecule has 1 saturated carbocycles. The number of likely N-dealkylation sites (N-methyl/N-ethyl adjacent to an activating group) is 1. The summed E-state index contributed by atoms with van der Waals surface area (Å²) in [6, 6.07) is 17.6. The van der Waals surface area contributed by atoms with Gasteiger partial charge in [0.05, 0.1) is 36.1 Å². The first-order chi connectivity index (χ1) is 21.2. The predicted octanol–water partition coefficient (Wildman–Crippen LogP) is 5.68. The van der Waals surface area contributed by atoms with Gasteiger partial charge >= 0.3 is 12.1 Å². The largest absolute Gasteiger partial charge is 0.485 e. The van der Waals surface area contributed by atoms with Crippen molar-refractivity contribution in [2.45, 2.75) is 64.1 Å². The van der Waals surface area contributed by atoms with Crippen LogP contribution >= 0.6 is 0 Å². The maximum atomic E-state index is 13.8. The van der Waals surface area contributed by atoms with Gasteiger partial charge in [-0.3, -0.25) is 4.79 Å². The summed E-state index contributed by atoms with van der Waals surface area (Å²) < 4.78 is 6.57. The second-order valence-electron chi connectivity index (χ2n) is 12.1. The van der Waals surface area contributed by atoms with Gasteiger partial charge in [-0.2, -0.15) is 0 Å². The average molecular weight is 602 g/mol. The molecule has 0 bridgehead atoms. The van der Waals surface area contributed by atoms with Gasteiger partial charge in [0, 0.05) is 30.9 Å². The highest BCUT2D eigenvalue weighted by molar-refractivity contribution is 6.08. The lowest BCUT2D eigenvalue weighted by molar-refractivity contribution is 0.0368. The summed E-state index contributed by atoms with van der Waals surface area (Å²) in [4.78, 5) is 43.5. The number of para-hydroxylation sites is 1.